The van der Waals surface area contributed by atoms with E-state index in [0.717, 1.165) is 12.0 Å². The van der Waals surface area contributed by atoms with Crippen molar-refractivity contribution in [1.29, 1.82) is 0 Å². The van der Waals surface area contributed by atoms with Crippen molar-refractivity contribution in [2.24, 2.45) is 11.0 Å². The fourth-order valence-electron chi connectivity index (χ4n) is 2.74. The Bertz CT molecular complexity index is 771. The van der Waals surface area contributed by atoms with E-state index in [2.05, 4.69) is 22.7 Å². The van der Waals surface area contributed by atoms with Crippen LogP contribution in [0.25, 0.3) is 0 Å². The molecule has 3 rings (SSSR count). The lowest BCUT2D eigenvalue weighted by molar-refractivity contribution is -0.122. The van der Waals surface area contributed by atoms with Gasteiger partial charge in [-0.2, -0.15) is 5.10 Å². The summed E-state index contributed by atoms with van der Waals surface area (Å²) >= 11 is 0. The summed E-state index contributed by atoms with van der Waals surface area (Å²) in [6, 6.07) is 15.0. The van der Waals surface area contributed by atoms with E-state index in [1.54, 1.807) is 25.1 Å². The lowest BCUT2D eigenvalue weighted by atomic mass is 10.1. The molecule has 124 valence electrons. The zero-order chi connectivity index (χ0) is 17.1. The van der Waals surface area contributed by atoms with Crippen molar-refractivity contribution >= 4 is 11.6 Å². The molecule has 0 aliphatic heterocycles. The van der Waals surface area contributed by atoms with Crippen LogP contribution in [0.15, 0.2) is 53.6 Å². The SMILES string of the molecule is COc1cc(/C(C)=N\NC(=O)[C@H]2C[C@@H]2c2ccccc2)ccc1O. The summed E-state index contributed by atoms with van der Waals surface area (Å²) in [5.74, 6) is 0.657. The van der Waals surface area contributed by atoms with E-state index in [-0.39, 0.29) is 23.5 Å². The number of carbonyl (C=O) groups is 1. The van der Waals surface area contributed by atoms with Gasteiger partial charge in [-0.1, -0.05) is 30.3 Å². The number of methoxy groups -OCH3 is 1. The highest BCUT2D eigenvalue weighted by atomic mass is 16.5. The van der Waals surface area contributed by atoms with Gasteiger partial charge in [0.1, 0.15) is 0 Å². The number of hydrazone groups is 1. The Morgan fingerprint density at radius 3 is 2.71 bits per heavy atom. The van der Waals surface area contributed by atoms with Gasteiger partial charge in [0.2, 0.25) is 5.91 Å². The molecule has 0 unspecified atom stereocenters. The second-order valence-corrected chi connectivity index (χ2v) is 5.92. The standard InChI is InChI=1S/C19H20N2O3/c1-12(14-8-9-17(22)18(10-14)24-2)20-21-19(23)16-11-15(16)13-6-4-3-5-7-13/h3-10,15-16,22H,11H2,1-2H3,(H,21,23)/b20-12-/t15-,16+/m1/s1. The molecule has 1 amide bonds. The Morgan fingerprint density at radius 2 is 2.00 bits per heavy atom. The molecular formula is C19H20N2O3. The van der Waals surface area contributed by atoms with E-state index in [9.17, 15) is 9.90 Å². The summed E-state index contributed by atoms with van der Waals surface area (Å²) in [5, 5.41) is 13.8. The highest BCUT2D eigenvalue weighted by Gasteiger charge is 2.43. The van der Waals surface area contributed by atoms with Crippen LogP contribution in [0.3, 0.4) is 0 Å². The molecule has 2 aromatic rings. The molecule has 0 radical (unpaired) electrons. The van der Waals surface area contributed by atoms with E-state index < -0.39 is 0 Å². The van der Waals surface area contributed by atoms with E-state index in [1.165, 1.54) is 12.7 Å². The Hall–Kier alpha value is -2.82. The van der Waals surface area contributed by atoms with E-state index in [0.29, 0.717) is 11.5 Å². The first-order valence-corrected chi connectivity index (χ1v) is 7.86. The molecule has 0 aromatic heterocycles. The lowest BCUT2D eigenvalue weighted by Gasteiger charge is -2.07. The monoisotopic (exact) mass is 324 g/mol. The molecule has 0 saturated heterocycles. The van der Waals surface area contributed by atoms with Crippen LogP contribution >= 0.6 is 0 Å². The smallest absolute Gasteiger partial charge is 0.243 e. The highest BCUT2D eigenvalue weighted by molar-refractivity contribution is 6.00. The summed E-state index contributed by atoms with van der Waals surface area (Å²) in [5.41, 5.74) is 5.27. The minimum Gasteiger partial charge on any atom is -0.504 e. The van der Waals surface area contributed by atoms with Gasteiger partial charge in [0.15, 0.2) is 11.5 Å². The van der Waals surface area contributed by atoms with Gasteiger partial charge in [0.05, 0.1) is 12.8 Å². The first-order chi connectivity index (χ1) is 11.6. The Kier molecular flexibility index (Phi) is 4.51. The largest absolute Gasteiger partial charge is 0.504 e. The van der Waals surface area contributed by atoms with E-state index >= 15 is 0 Å². The molecule has 0 heterocycles. The number of rotatable bonds is 5. The van der Waals surface area contributed by atoms with E-state index in [4.69, 9.17) is 4.74 Å². The summed E-state index contributed by atoms with van der Waals surface area (Å²) in [6.07, 6.45) is 0.859. The molecule has 5 heteroatoms. The fourth-order valence-corrected chi connectivity index (χ4v) is 2.74. The van der Waals surface area contributed by atoms with Crippen molar-refractivity contribution in [3.8, 4) is 11.5 Å². The number of hydrogen-bond donors (Lipinski definition) is 2. The molecular weight excluding hydrogens is 304 g/mol. The molecule has 24 heavy (non-hydrogen) atoms. The van der Waals surface area contributed by atoms with Gasteiger partial charge in [0, 0.05) is 11.5 Å². The van der Waals surface area contributed by atoms with Gasteiger partial charge in [-0.05, 0) is 43.0 Å². The Morgan fingerprint density at radius 1 is 1.25 bits per heavy atom. The molecule has 2 atom stereocenters. The number of amides is 1. The molecule has 0 bridgehead atoms. The molecule has 1 aliphatic carbocycles. The Balaban J connectivity index is 1.62. The average molecular weight is 324 g/mol. The van der Waals surface area contributed by atoms with Crippen molar-refractivity contribution in [2.45, 2.75) is 19.3 Å². The van der Waals surface area contributed by atoms with Crippen molar-refractivity contribution < 1.29 is 14.6 Å². The number of carbonyl (C=O) groups excluding carboxylic acids is 1. The van der Waals surface area contributed by atoms with Crippen molar-refractivity contribution in [2.75, 3.05) is 7.11 Å². The molecule has 5 nitrogen and oxygen atoms in total. The molecule has 1 fully saturated rings. The first-order valence-electron chi connectivity index (χ1n) is 7.86. The van der Waals surface area contributed by atoms with Gasteiger partial charge in [0.25, 0.3) is 0 Å². The third-order valence-corrected chi connectivity index (χ3v) is 4.29. The van der Waals surface area contributed by atoms with Crippen LogP contribution in [0.5, 0.6) is 11.5 Å². The van der Waals surface area contributed by atoms with Gasteiger partial charge in [-0.25, -0.2) is 5.43 Å². The molecule has 2 N–H and O–H groups in total. The Labute approximate surface area is 141 Å². The number of ether oxygens (including phenoxy) is 1. The van der Waals surface area contributed by atoms with Crippen LogP contribution < -0.4 is 10.2 Å². The summed E-state index contributed by atoms with van der Waals surface area (Å²) in [7, 11) is 1.49. The molecule has 2 aromatic carbocycles. The maximum absolute atomic E-state index is 12.2. The second kappa shape index (κ2) is 6.74. The molecule has 1 aliphatic rings. The summed E-state index contributed by atoms with van der Waals surface area (Å²) in [6.45, 7) is 1.80. The van der Waals surface area contributed by atoms with Gasteiger partial charge < -0.3 is 9.84 Å². The van der Waals surface area contributed by atoms with Crippen molar-refractivity contribution in [1.82, 2.24) is 5.43 Å². The van der Waals surface area contributed by atoms with Crippen LogP contribution in [0.2, 0.25) is 0 Å². The molecule has 0 spiro atoms. The normalized spacial score (nSPS) is 19.7. The van der Waals surface area contributed by atoms with Crippen LogP contribution in [-0.4, -0.2) is 23.8 Å². The zero-order valence-electron chi connectivity index (χ0n) is 13.7. The quantitative estimate of drug-likeness (QED) is 0.656. The lowest BCUT2D eigenvalue weighted by Crippen LogP contribution is -2.21. The maximum Gasteiger partial charge on any atom is 0.243 e. The minimum absolute atomic E-state index is 0.0155. The van der Waals surface area contributed by atoms with Crippen LogP contribution in [0, 0.1) is 5.92 Å². The van der Waals surface area contributed by atoms with Crippen LogP contribution in [0.1, 0.15) is 30.4 Å². The zero-order valence-corrected chi connectivity index (χ0v) is 13.7. The minimum atomic E-state index is -0.0612. The summed E-state index contributed by atoms with van der Waals surface area (Å²) in [4.78, 5) is 12.2. The number of hydrogen-bond acceptors (Lipinski definition) is 4. The third-order valence-electron chi connectivity index (χ3n) is 4.29. The topological polar surface area (TPSA) is 70.9 Å². The fraction of sp³-hybridized carbons (Fsp3) is 0.263. The maximum atomic E-state index is 12.2. The van der Waals surface area contributed by atoms with Gasteiger partial charge in [-0.3, -0.25) is 4.79 Å². The number of benzene rings is 2. The summed E-state index contributed by atoms with van der Waals surface area (Å²) < 4.78 is 5.08. The van der Waals surface area contributed by atoms with E-state index in [1.807, 2.05) is 18.2 Å². The average Bonchev–Trinajstić information content (AvgIpc) is 3.41. The van der Waals surface area contributed by atoms with Gasteiger partial charge in [-0.15, -0.1) is 0 Å². The highest BCUT2D eigenvalue weighted by Crippen LogP contribution is 2.47. The van der Waals surface area contributed by atoms with Crippen molar-refractivity contribution in [3.05, 3.63) is 59.7 Å². The van der Waals surface area contributed by atoms with Crippen molar-refractivity contribution in [3.63, 3.8) is 0 Å². The number of nitrogens with one attached hydrogen (secondary N) is 1. The van der Waals surface area contributed by atoms with Crippen LogP contribution in [-0.2, 0) is 4.79 Å². The molecule has 1 saturated carbocycles. The first kappa shape index (κ1) is 16.1. The van der Waals surface area contributed by atoms with Crippen LogP contribution in [0.4, 0.5) is 0 Å². The number of aromatic hydroxyl groups is 1. The second-order valence-electron chi connectivity index (χ2n) is 5.92. The number of phenolic OH excluding ortho intramolecular Hbond substituents is 1. The predicted octanol–water partition coefficient (Wildman–Crippen LogP) is 3.04. The third kappa shape index (κ3) is 3.40. The number of nitrogens with zero attached hydrogens (tertiary/aromatic N) is 1. The number of phenols is 1. The van der Waals surface area contributed by atoms with Gasteiger partial charge >= 0.3 is 0 Å². The predicted molar refractivity (Wildman–Crippen MR) is 92.3 cm³/mol.